The highest BCUT2D eigenvalue weighted by atomic mass is 32.2. The van der Waals surface area contributed by atoms with E-state index in [1.165, 1.54) is 18.2 Å². The Bertz CT molecular complexity index is 832. The van der Waals surface area contributed by atoms with E-state index in [1.807, 2.05) is 0 Å². The van der Waals surface area contributed by atoms with E-state index in [0.29, 0.717) is 38.2 Å². The zero-order chi connectivity index (χ0) is 22.0. The number of ether oxygens (including phenoxy) is 2. The number of sulfonamides is 1. The summed E-state index contributed by atoms with van der Waals surface area (Å²) in [4.78, 5) is 16.4. The molecule has 1 saturated heterocycles. The number of hydrogen-bond acceptors (Lipinski definition) is 7. The second-order valence-electron chi connectivity index (χ2n) is 6.79. The third-order valence-corrected chi connectivity index (χ3v) is 6.08. The molecule has 0 saturated carbocycles. The van der Waals surface area contributed by atoms with Crippen LogP contribution in [0.1, 0.15) is 6.42 Å². The van der Waals surface area contributed by atoms with Crippen LogP contribution in [-0.2, 0) is 19.5 Å². The highest BCUT2D eigenvalue weighted by Crippen LogP contribution is 2.17. The van der Waals surface area contributed by atoms with E-state index in [1.54, 1.807) is 14.2 Å². The number of rotatable bonds is 11. The van der Waals surface area contributed by atoms with Crippen molar-refractivity contribution in [3.05, 3.63) is 34.4 Å². The van der Waals surface area contributed by atoms with Crippen LogP contribution in [0.3, 0.4) is 0 Å². The van der Waals surface area contributed by atoms with E-state index in [4.69, 9.17) is 9.47 Å². The molecule has 1 aromatic rings. The Labute approximate surface area is 176 Å². The maximum absolute atomic E-state index is 12.3. The molecule has 1 aliphatic heterocycles. The number of non-ortho nitro benzene ring substituents is 1. The number of nitrogens with zero attached hydrogens (tertiary/aromatic N) is 3. The lowest BCUT2D eigenvalue weighted by Crippen LogP contribution is -2.43. The standard InChI is InChI=1S/C18H29N5O6S/c1-19-18(22-9-6-15(13-22)14-29-11-10-28-2)20-7-8-21-30(26,27)17-5-3-4-16(12-17)23(24)25/h3-5,12,15,21H,6-11,13-14H2,1-2H3,(H,19,20). The van der Waals surface area contributed by atoms with Gasteiger partial charge in [-0.25, -0.2) is 13.1 Å². The first-order valence-electron chi connectivity index (χ1n) is 9.63. The molecule has 1 unspecified atom stereocenters. The average molecular weight is 444 g/mol. The van der Waals surface area contributed by atoms with Crippen molar-refractivity contribution in [1.29, 1.82) is 0 Å². The van der Waals surface area contributed by atoms with Crippen molar-refractivity contribution in [3.63, 3.8) is 0 Å². The molecule has 1 heterocycles. The van der Waals surface area contributed by atoms with E-state index in [9.17, 15) is 18.5 Å². The van der Waals surface area contributed by atoms with Crippen LogP contribution in [0.25, 0.3) is 0 Å². The molecule has 0 radical (unpaired) electrons. The van der Waals surface area contributed by atoms with Crippen molar-refractivity contribution in [1.82, 2.24) is 14.9 Å². The van der Waals surface area contributed by atoms with Crippen molar-refractivity contribution in [3.8, 4) is 0 Å². The number of nitro benzene ring substituents is 1. The van der Waals surface area contributed by atoms with Gasteiger partial charge in [0.1, 0.15) is 0 Å². The second kappa shape index (κ2) is 11.8. The molecular weight excluding hydrogens is 414 g/mol. The van der Waals surface area contributed by atoms with Crippen molar-refractivity contribution in [2.75, 3.05) is 60.2 Å². The van der Waals surface area contributed by atoms with Gasteiger partial charge in [0.05, 0.1) is 29.6 Å². The van der Waals surface area contributed by atoms with Gasteiger partial charge < -0.3 is 19.7 Å². The molecule has 1 aromatic carbocycles. The smallest absolute Gasteiger partial charge is 0.270 e. The largest absolute Gasteiger partial charge is 0.382 e. The van der Waals surface area contributed by atoms with Gasteiger partial charge >= 0.3 is 0 Å². The summed E-state index contributed by atoms with van der Waals surface area (Å²) in [6, 6.07) is 4.95. The van der Waals surface area contributed by atoms with Gasteiger partial charge in [-0.3, -0.25) is 15.1 Å². The Hall–Kier alpha value is -2.28. The van der Waals surface area contributed by atoms with Gasteiger partial charge in [0.2, 0.25) is 10.0 Å². The summed E-state index contributed by atoms with van der Waals surface area (Å²) < 4.78 is 37.7. The number of nitrogens with one attached hydrogen (secondary N) is 2. The van der Waals surface area contributed by atoms with Gasteiger partial charge in [-0.2, -0.15) is 0 Å². The summed E-state index contributed by atoms with van der Waals surface area (Å²) in [5, 5.41) is 14.0. The van der Waals surface area contributed by atoms with Crippen molar-refractivity contribution >= 4 is 21.7 Å². The van der Waals surface area contributed by atoms with Crippen LogP contribution in [0.2, 0.25) is 0 Å². The predicted molar refractivity (Wildman–Crippen MR) is 112 cm³/mol. The molecule has 168 valence electrons. The van der Waals surface area contributed by atoms with Gasteiger partial charge in [0.15, 0.2) is 5.96 Å². The van der Waals surface area contributed by atoms with E-state index in [0.717, 1.165) is 25.6 Å². The summed E-state index contributed by atoms with van der Waals surface area (Å²) in [5.74, 6) is 1.11. The number of guanidine groups is 1. The lowest BCUT2D eigenvalue weighted by Gasteiger charge is -2.21. The molecule has 0 aliphatic carbocycles. The zero-order valence-corrected chi connectivity index (χ0v) is 18.1. The molecule has 0 aromatic heterocycles. The van der Waals surface area contributed by atoms with E-state index in [-0.39, 0.29) is 17.1 Å². The highest BCUT2D eigenvalue weighted by molar-refractivity contribution is 7.89. The fourth-order valence-electron chi connectivity index (χ4n) is 3.09. The fraction of sp³-hybridized carbons (Fsp3) is 0.611. The molecule has 0 spiro atoms. The second-order valence-corrected chi connectivity index (χ2v) is 8.56. The van der Waals surface area contributed by atoms with Crippen molar-refractivity contribution in [2.24, 2.45) is 10.9 Å². The Kier molecular flexibility index (Phi) is 9.43. The molecule has 30 heavy (non-hydrogen) atoms. The van der Waals surface area contributed by atoms with E-state index in [2.05, 4.69) is 19.9 Å². The van der Waals surface area contributed by atoms with Crippen LogP contribution in [0.4, 0.5) is 5.69 Å². The van der Waals surface area contributed by atoms with Gasteiger partial charge in [0.25, 0.3) is 5.69 Å². The minimum absolute atomic E-state index is 0.113. The average Bonchev–Trinajstić information content (AvgIpc) is 3.20. The van der Waals surface area contributed by atoms with Crippen LogP contribution in [0, 0.1) is 16.0 Å². The molecule has 1 atom stereocenters. The lowest BCUT2D eigenvalue weighted by molar-refractivity contribution is -0.385. The minimum atomic E-state index is -3.84. The molecule has 1 fully saturated rings. The Morgan fingerprint density at radius 2 is 2.17 bits per heavy atom. The maximum Gasteiger partial charge on any atom is 0.270 e. The molecule has 11 nitrogen and oxygen atoms in total. The van der Waals surface area contributed by atoms with Crippen LogP contribution in [0.15, 0.2) is 34.2 Å². The van der Waals surface area contributed by atoms with Gasteiger partial charge in [-0.15, -0.1) is 0 Å². The highest BCUT2D eigenvalue weighted by Gasteiger charge is 2.25. The lowest BCUT2D eigenvalue weighted by atomic mass is 10.1. The summed E-state index contributed by atoms with van der Waals surface area (Å²) in [7, 11) is -0.521. The van der Waals surface area contributed by atoms with Crippen LogP contribution in [0.5, 0.6) is 0 Å². The summed E-state index contributed by atoms with van der Waals surface area (Å²) in [6.45, 7) is 3.91. The molecule has 0 amide bonds. The molecule has 0 bridgehead atoms. The SMILES string of the molecule is CN=C(NCCNS(=O)(=O)c1cccc([N+](=O)[O-])c1)N1CCC(COCCOC)C1. The molecule has 12 heteroatoms. The van der Waals surface area contributed by atoms with E-state index >= 15 is 0 Å². The van der Waals surface area contributed by atoms with Crippen LogP contribution >= 0.6 is 0 Å². The third kappa shape index (κ3) is 7.20. The Morgan fingerprint density at radius 3 is 2.87 bits per heavy atom. The predicted octanol–water partition coefficient (Wildman–Crippen LogP) is 0.433. The number of hydrogen-bond donors (Lipinski definition) is 2. The maximum atomic E-state index is 12.3. The number of benzene rings is 1. The van der Waals surface area contributed by atoms with Gasteiger partial charge in [0, 0.05) is 58.4 Å². The monoisotopic (exact) mass is 443 g/mol. The summed E-state index contributed by atoms with van der Waals surface area (Å²) in [5.41, 5.74) is -0.272. The van der Waals surface area contributed by atoms with Crippen molar-refractivity contribution in [2.45, 2.75) is 11.3 Å². The first-order chi connectivity index (χ1) is 14.4. The van der Waals surface area contributed by atoms with Crippen LogP contribution in [-0.4, -0.2) is 84.4 Å². The Morgan fingerprint density at radius 1 is 1.37 bits per heavy atom. The first-order valence-corrected chi connectivity index (χ1v) is 11.1. The number of aliphatic imine (C=N–C) groups is 1. The zero-order valence-electron chi connectivity index (χ0n) is 17.2. The normalized spacial score (nSPS) is 17.3. The van der Waals surface area contributed by atoms with E-state index < -0.39 is 14.9 Å². The molecular formula is C18H29N5O6S. The summed E-state index contributed by atoms with van der Waals surface area (Å²) in [6.07, 6.45) is 0.993. The minimum Gasteiger partial charge on any atom is -0.382 e. The van der Waals surface area contributed by atoms with Crippen LogP contribution < -0.4 is 10.0 Å². The van der Waals surface area contributed by atoms with Crippen molar-refractivity contribution < 1.29 is 22.8 Å². The van der Waals surface area contributed by atoms with Gasteiger partial charge in [-0.05, 0) is 12.5 Å². The number of likely N-dealkylation sites (tertiary alicyclic amines) is 1. The molecule has 2 rings (SSSR count). The number of methoxy groups -OCH3 is 1. The summed E-state index contributed by atoms with van der Waals surface area (Å²) >= 11 is 0. The molecule has 2 N–H and O–H groups in total. The number of nitro groups is 1. The first kappa shape index (κ1) is 24.0. The Balaban J connectivity index is 1.77. The third-order valence-electron chi connectivity index (χ3n) is 4.62. The fourth-order valence-corrected chi connectivity index (χ4v) is 4.16. The van der Waals surface area contributed by atoms with Gasteiger partial charge in [-0.1, -0.05) is 6.07 Å². The molecule has 1 aliphatic rings. The quantitative estimate of drug-likeness (QED) is 0.165. The topological polar surface area (TPSA) is 135 Å².